The number of rotatable bonds is 5. The number of fused-ring (bicyclic) bond motifs is 5. The van der Waals surface area contributed by atoms with Crippen LogP contribution in [0, 0.1) is 23.2 Å². The first-order chi connectivity index (χ1) is 28.1. The Morgan fingerprint density at radius 2 is 1.38 bits per heavy atom. The molecule has 0 aromatic heterocycles. The SMILES string of the molecule is CCc1cc(-c2cccc(-c3ccc4c(c3)C(C)(C)C3C=CC5=C(SC6=C(CCC=C6)C(C)(C)C5)C43)c2)ccc1C1C2=C(C=CC(CC)C1C)Sc1ccccc1S2. The summed E-state index contributed by atoms with van der Waals surface area (Å²) in [6.45, 7) is 17.1. The zero-order chi connectivity index (χ0) is 39.9. The molecule has 0 radical (unpaired) electrons. The van der Waals surface area contributed by atoms with E-state index >= 15 is 0 Å². The maximum atomic E-state index is 2.58. The summed E-state index contributed by atoms with van der Waals surface area (Å²) in [5, 5.41) is 0. The van der Waals surface area contributed by atoms with Crippen molar-refractivity contribution in [2.45, 2.75) is 108 Å². The van der Waals surface area contributed by atoms with Crippen LogP contribution in [0.1, 0.15) is 108 Å². The third-order valence-electron chi connectivity index (χ3n) is 14.5. The minimum Gasteiger partial charge on any atom is -0.0936 e. The van der Waals surface area contributed by atoms with Gasteiger partial charge < -0.3 is 0 Å². The molecule has 0 N–H and O–H groups in total. The van der Waals surface area contributed by atoms with Crippen molar-refractivity contribution >= 4 is 35.3 Å². The van der Waals surface area contributed by atoms with E-state index in [4.69, 9.17) is 0 Å². The van der Waals surface area contributed by atoms with Crippen LogP contribution in [-0.2, 0) is 11.8 Å². The lowest BCUT2D eigenvalue weighted by Gasteiger charge is -2.34. The molecule has 3 heteroatoms. The van der Waals surface area contributed by atoms with Crippen molar-refractivity contribution in [3.8, 4) is 22.3 Å². The zero-order valence-electron chi connectivity index (χ0n) is 35.2. The Morgan fingerprint density at radius 1 is 0.655 bits per heavy atom. The summed E-state index contributed by atoms with van der Waals surface area (Å²) in [7, 11) is 0. The maximum Gasteiger partial charge on any atom is 0.0262 e. The molecule has 0 spiro atoms. The first-order valence-corrected chi connectivity index (χ1v) is 24.2. The van der Waals surface area contributed by atoms with Gasteiger partial charge in [-0.1, -0.05) is 187 Å². The van der Waals surface area contributed by atoms with Crippen LogP contribution < -0.4 is 0 Å². The smallest absolute Gasteiger partial charge is 0.0262 e. The second-order valence-corrected chi connectivity index (χ2v) is 22.0. The molecule has 4 aliphatic carbocycles. The van der Waals surface area contributed by atoms with Crippen molar-refractivity contribution in [1.29, 1.82) is 0 Å². The lowest BCUT2D eigenvalue weighted by atomic mass is 9.70. The van der Waals surface area contributed by atoms with Crippen LogP contribution >= 0.6 is 35.3 Å². The third-order valence-corrected chi connectivity index (χ3v) is 18.6. The monoisotopic (exact) mass is 812 g/mol. The van der Waals surface area contributed by atoms with Gasteiger partial charge in [0, 0.05) is 41.2 Å². The number of benzene rings is 4. The molecule has 58 heavy (non-hydrogen) atoms. The fraction of sp³-hybridized carbons (Fsp3) is 0.345. The van der Waals surface area contributed by atoms with Gasteiger partial charge >= 0.3 is 0 Å². The van der Waals surface area contributed by atoms with Crippen LogP contribution in [-0.4, -0.2) is 0 Å². The van der Waals surface area contributed by atoms with E-state index in [0.717, 1.165) is 19.3 Å². The molecule has 10 rings (SSSR count). The van der Waals surface area contributed by atoms with Crippen molar-refractivity contribution in [2.75, 3.05) is 0 Å². The summed E-state index contributed by atoms with van der Waals surface area (Å²) in [5.41, 5.74) is 14.7. The van der Waals surface area contributed by atoms with Gasteiger partial charge in [-0.05, 0) is 135 Å². The number of thioether (sulfide) groups is 3. The molecular formula is C55H56S3. The number of allylic oxidation sites excluding steroid dienone is 10. The first kappa shape index (κ1) is 38.6. The molecule has 5 unspecified atom stereocenters. The van der Waals surface area contributed by atoms with Crippen molar-refractivity contribution in [3.05, 3.63) is 174 Å². The normalized spacial score (nSPS) is 26.3. The van der Waals surface area contributed by atoms with E-state index in [1.807, 2.05) is 23.5 Å². The minimum absolute atomic E-state index is 0.0461. The predicted octanol–water partition coefficient (Wildman–Crippen LogP) is 16.6. The fourth-order valence-corrected chi connectivity index (χ4v) is 15.5. The van der Waals surface area contributed by atoms with Gasteiger partial charge in [0.2, 0.25) is 0 Å². The van der Waals surface area contributed by atoms with Gasteiger partial charge in [0.1, 0.15) is 0 Å². The Bertz CT molecular complexity index is 2530. The second kappa shape index (κ2) is 14.8. The Balaban J connectivity index is 0.986. The largest absolute Gasteiger partial charge is 0.0936 e. The van der Waals surface area contributed by atoms with E-state index in [9.17, 15) is 0 Å². The van der Waals surface area contributed by atoms with Crippen LogP contribution in [0.15, 0.2) is 162 Å². The van der Waals surface area contributed by atoms with E-state index in [0.29, 0.717) is 29.6 Å². The highest BCUT2D eigenvalue weighted by atomic mass is 32.2. The topological polar surface area (TPSA) is 0 Å². The molecule has 6 aliphatic rings. The van der Waals surface area contributed by atoms with Crippen molar-refractivity contribution < 1.29 is 0 Å². The number of aryl methyl sites for hydroxylation is 1. The molecule has 0 fully saturated rings. The first-order valence-electron chi connectivity index (χ1n) is 21.8. The number of hydrogen-bond acceptors (Lipinski definition) is 3. The summed E-state index contributed by atoms with van der Waals surface area (Å²) in [5.74, 6) is 2.33. The third kappa shape index (κ3) is 6.36. The lowest BCUT2D eigenvalue weighted by Crippen LogP contribution is -2.26. The molecule has 2 aliphatic heterocycles. The van der Waals surface area contributed by atoms with E-state index < -0.39 is 0 Å². The van der Waals surface area contributed by atoms with Gasteiger partial charge in [-0.2, -0.15) is 0 Å². The fourth-order valence-electron chi connectivity index (χ4n) is 11.3. The molecule has 0 bridgehead atoms. The van der Waals surface area contributed by atoms with Gasteiger partial charge in [0.25, 0.3) is 0 Å². The molecule has 0 saturated carbocycles. The molecule has 2 heterocycles. The summed E-state index contributed by atoms with van der Waals surface area (Å²) >= 11 is 6.07. The molecule has 0 amide bonds. The second-order valence-electron chi connectivity index (χ2n) is 18.7. The molecule has 5 atom stereocenters. The molecule has 0 saturated heterocycles. The van der Waals surface area contributed by atoms with E-state index in [2.05, 4.69) is 182 Å². The van der Waals surface area contributed by atoms with Gasteiger partial charge in [0.05, 0.1) is 0 Å². The Labute approximate surface area is 360 Å². The highest BCUT2D eigenvalue weighted by molar-refractivity contribution is 8.09. The van der Waals surface area contributed by atoms with Crippen LogP contribution in [0.5, 0.6) is 0 Å². The van der Waals surface area contributed by atoms with Gasteiger partial charge in [-0.3, -0.25) is 0 Å². The van der Waals surface area contributed by atoms with Crippen LogP contribution in [0.3, 0.4) is 0 Å². The van der Waals surface area contributed by atoms with Gasteiger partial charge in [-0.25, -0.2) is 0 Å². The number of hydrogen-bond donors (Lipinski definition) is 0. The van der Waals surface area contributed by atoms with Gasteiger partial charge in [-0.15, -0.1) is 0 Å². The average molecular weight is 813 g/mol. The van der Waals surface area contributed by atoms with Crippen molar-refractivity contribution in [3.63, 3.8) is 0 Å². The minimum atomic E-state index is 0.0461. The van der Waals surface area contributed by atoms with Gasteiger partial charge in [0.15, 0.2) is 0 Å². The predicted molar refractivity (Wildman–Crippen MR) is 254 cm³/mol. The van der Waals surface area contributed by atoms with Crippen molar-refractivity contribution in [1.82, 2.24) is 0 Å². The maximum absolute atomic E-state index is 2.58. The molecule has 4 aromatic rings. The van der Waals surface area contributed by atoms with Crippen molar-refractivity contribution in [2.24, 2.45) is 23.2 Å². The standard InChI is InChI=1S/C55H56S3/c1-8-34-24-28-49-53(58-48-20-13-12-19-47(48)56-49)50(33(34)3)41-25-21-38(29-35(41)9-2)36-15-14-16-37(30-36)39-22-26-42-45(31-39)55(6,7)44-27-23-40-32-54(4,5)43-17-10-11-18-46(43)57-52(40)51(42)44/h11-16,18-31,33-34,44,50-51H,8-10,17,32H2,1-7H3. The molecule has 0 nitrogen and oxygen atoms in total. The molecule has 4 aromatic carbocycles. The Morgan fingerprint density at radius 3 is 2.14 bits per heavy atom. The van der Waals surface area contributed by atoms with Crippen LogP contribution in [0.4, 0.5) is 0 Å². The summed E-state index contributed by atoms with van der Waals surface area (Å²) in [4.78, 5) is 8.86. The Hall–Kier alpha value is -3.63. The quantitative estimate of drug-likeness (QED) is 0.197. The van der Waals surface area contributed by atoms with Crippen LogP contribution in [0.25, 0.3) is 22.3 Å². The summed E-state index contributed by atoms with van der Waals surface area (Å²) in [6.07, 6.45) is 20.5. The lowest BCUT2D eigenvalue weighted by molar-refractivity contribution is 0.382. The highest BCUT2D eigenvalue weighted by Gasteiger charge is 2.49. The average Bonchev–Trinajstić information content (AvgIpc) is 3.30. The molecule has 294 valence electrons. The zero-order valence-corrected chi connectivity index (χ0v) is 37.6. The van der Waals surface area contributed by atoms with Crippen LogP contribution in [0.2, 0.25) is 0 Å². The molecular weight excluding hydrogens is 757 g/mol. The van der Waals surface area contributed by atoms with E-state index in [1.54, 1.807) is 16.1 Å². The highest BCUT2D eigenvalue weighted by Crippen LogP contribution is 2.63. The van der Waals surface area contributed by atoms with E-state index in [1.165, 1.54) is 81.9 Å². The van der Waals surface area contributed by atoms with E-state index in [-0.39, 0.29) is 10.8 Å². The summed E-state index contributed by atoms with van der Waals surface area (Å²) in [6, 6.07) is 33.2. The summed E-state index contributed by atoms with van der Waals surface area (Å²) < 4.78 is 0. The Kier molecular flexibility index (Phi) is 9.86.